The molecular formula is C19H24F3N3O. The third kappa shape index (κ3) is 5.69. The molecule has 2 rings (SSSR count). The summed E-state index contributed by atoms with van der Waals surface area (Å²) in [6.07, 6.45) is -0.991. The molecule has 4 nitrogen and oxygen atoms in total. The first-order valence-electron chi connectivity index (χ1n) is 8.37. The monoisotopic (exact) mass is 367 g/mol. The lowest BCUT2D eigenvalue weighted by Gasteiger charge is -2.23. The van der Waals surface area contributed by atoms with Crippen LogP contribution in [-0.4, -0.2) is 22.1 Å². The summed E-state index contributed by atoms with van der Waals surface area (Å²) in [5.41, 5.74) is 6.36. The van der Waals surface area contributed by atoms with E-state index in [1.807, 2.05) is 20.8 Å². The summed E-state index contributed by atoms with van der Waals surface area (Å²) < 4.78 is 45.8. The molecule has 26 heavy (non-hydrogen) atoms. The van der Waals surface area contributed by atoms with Crippen LogP contribution in [0.25, 0.3) is 11.1 Å². The largest absolute Gasteiger partial charge is 0.477 e. The van der Waals surface area contributed by atoms with Gasteiger partial charge in [0, 0.05) is 29.2 Å². The highest BCUT2D eigenvalue weighted by Crippen LogP contribution is 2.37. The van der Waals surface area contributed by atoms with Gasteiger partial charge in [-0.1, -0.05) is 6.92 Å². The molecule has 0 aliphatic heterocycles. The standard InChI is InChI=1S/C19H24F3N3O/c1-12(9-18(3,4)23)11-26-17-16(19(20,21)22)8-15(10-25-17)14-5-6-24-13(2)7-14/h5-8,10,12H,9,11,23H2,1-4H3. The zero-order valence-electron chi connectivity index (χ0n) is 15.4. The Morgan fingerprint density at radius 2 is 1.85 bits per heavy atom. The van der Waals surface area contributed by atoms with Crippen LogP contribution in [0, 0.1) is 12.8 Å². The first kappa shape index (κ1) is 20.2. The fourth-order valence-corrected chi connectivity index (χ4v) is 2.83. The van der Waals surface area contributed by atoms with Crippen molar-refractivity contribution in [1.82, 2.24) is 9.97 Å². The summed E-state index contributed by atoms with van der Waals surface area (Å²) in [6, 6.07) is 4.42. The van der Waals surface area contributed by atoms with Crippen molar-refractivity contribution in [3.63, 3.8) is 0 Å². The molecule has 142 valence electrons. The van der Waals surface area contributed by atoms with Crippen LogP contribution < -0.4 is 10.5 Å². The number of aromatic nitrogens is 2. The molecule has 0 saturated heterocycles. The van der Waals surface area contributed by atoms with Crippen LogP contribution in [0.15, 0.2) is 30.6 Å². The second-order valence-electron chi connectivity index (χ2n) is 7.37. The van der Waals surface area contributed by atoms with Gasteiger partial charge in [0.1, 0.15) is 5.56 Å². The van der Waals surface area contributed by atoms with Crippen molar-refractivity contribution < 1.29 is 17.9 Å². The predicted octanol–water partition coefficient (Wildman–Crippen LogP) is 4.61. The highest BCUT2D eigenvalue weighted by molar-refractivity contribution is 5.64. The zero-order valence-corrected chi connectivity index (χ0v) is 15.4. The average Bonchev–Trinajstić information content (AvgIpc) is 2.50. The number of aryl methyl sites for hydroxylation is 1. The van der Waals surface area contributed by atoms with E-state index in [-0.39, 0.29) is 12.5 Å². The third-order valence-corrected chi connectivity index (χ3v) is 3.77. The Bertz CT molecular complexity index is 754. The average molecular weight is 367 g/mol. The Kier molecular flexibility index (Phi) is 5.91. The van der Waals surface area contributed by atoms with Gasteiger partial charge >= 0.3 is 6.18 Å². The number of nitrogens with zero attached hydrogens (tertiary/aromatic N) is 2. The maximum atomic E-state index is 13.5. The predicted molar refractivity (Wildman–Crippen MR) is 94.7 cm³/mol. The van der Waals surface area contributed by atoms with Gasteiger partial charge in [-0.3, -0.25) is 4.98 Å². The SMILES string of the molecule is Cc1cc(-c2cnc(OCC(C)CC(C)(C)N)c(C(F)(F)F)c2)ccn1. The van der Waals surface area contributed by atoms with E-state index in [0.717, 1.165) is 11.8 Å². The summed E-state index contributed by atoms with van der Waals surface area (Å²) in [7, 11) is 0. The number of pyridine rings is 2. The van der Waals surface area contributed by atoms with E-state index in [1.165, 1.54) is 6.20 Å². The van der Waals surface area contributed by atoms with Crippen molar-refractivity contribution in [3.05, 3.63) is 41.9 Å². The normalized spacial score (nSPS) is 13.5. The minimum absolute atomic E-state index is 0.000377. The highest BCUT2D eigenvalue weighted by Gasteiger charge is 2.36. The smallest absolute Gasteiger partial charge is 0.421 e. The van der Waals surface area contributed by atoms with E-state index in [1.54, 1.807) is 25.3 Å². The maximum Gasteiger partial charge on any atom is 0.421 e. The van der Waals surface area contributed by atoms with Gasteiger partial charge in [-0.2, -0.15) is 13.2 Å². The van der Waals surface area contributed by atoms with Gasteiger partial charge < -0.3 is 10.5 Å². The molecule has 0 bridgehead atoms. The molecule has 0 aliphatic rings. The summed E-state index contributed by atoms with van der Waals surface area (Å²) in [6.45, 7) is 7.52. The number of nitrogens with two attached hydrogens (primary N) is 1. The first-order valence-corrected chi connectivity index (χ1v) is 8.37. The van der Waals surface area contributed by atoms with E-state index in [9.17, 15) is 13.2 Å². The zero-order chi connectivity index (χ0) is 19.5. The maximum absolute atomic E-state index is 13.5. The van der Waals surface area contributed by atoms with E-state index in [2.05, 4.69) is 9.97 Å². The van der Waals surface area contributed by atoms with Crippen LogP contribution in [-0.2, 0) is 6.18 Å². The molecule has 0 amide bonds. The van der Waals surface area contributed by atoms with Gasteiger partial charge in [-0.25, -0.2) is 4.98 Å². The Hall–Kier alpha value is -2.15. The molecule has 1 atom stereocenters. The first-order chi connectivity index (χ1) is 12.0. The molecule has 0 aromatic carbocycles. The van der Waals surface area contributed by atoms with E-state index >= 15 is 0 Å². The number of halogens is 3. The molecule has 2 aromatic heterocycles. The third-order valence-electron chi connectivity index (χ3n) is 3.77. The summed E-state index contributed by atoms with van der Waals surface area (Å²) in [4.78, 5) is 7.98. The summed E-state index contributed by atoms with van der Waals surface area (Å²) in [5, 5.41) is 0. The molecule has 2 heterocycles. The number of hydrogen-bond acceptors (Lipinski definition) is 4. The lowest BCUT2D eigenvalue weighted by molar-refractivity contribution is -0.139. The molecule has 0 aliphatic carbocycles. The van der Waals surface area contributed by atoms with Crippen LogP contribution >= 0.6 is 0 Å². The van der Waals surface area contributed by atoms with Crippen LogP contribution in [0.5, 0.6) is 5.88 Å². The van der Waals surface area contributed by atoms with Crippen LogP contribution in [0.4, 0.5) is 13.2 Å². The molecule has 0 saturated carbocycles. The van der Waals surface area contributed by atoms with Crippen LogP contribution in [0.1, 0.15) is 38.4 Å². The van der Waals surface area contributed by atoms with Gasteiger partial charge in [-0.05, 0) is 56.9 Å². The molecule has 2 aromatic rings. The Morgan fingerprint density at radius 3 is 2.42 bits per heavy atom. The van der Waals surface area contributed by atoms with Crippen molar-refractivity contribution in [3.8, 4) is 17.0 Å². The van der Waals surface area contributed by atoms with Crippen LogP contribution in [0.3, 0.4) is 0 Å². The van der Waals surface area contributed by atoms with Gasteiger partial charge in [0.25, 0.3) is 0 Å². The number of alkyl halides is 3. The fourth-order valence-electron chi connectivity index (χ4n) is 2.83. The summed E-state index contributed by atoms with van der Waals surface area (Å²) >= 11 is 0. The van der Waals surface area contributed by atoms with E-state index in [4.69, 9.17) is 10.5 Å². The van der Waals surface area contributed by atoms with Crippen molar-refractivity contribution >= 4 is 0 Å². The molecule has 0 radical (unpaired) electrons. The number of ether oxygens (including phenoxy) is 1. The molecule has 1 unspecified atom stereocenters. The van der Waals surface area contributed by atoms with Crippen LogP contribution in [0.2, 0.25) is 0 Å². The summed E-state index contributed by atoms with van der Waals surface area (Å²) in [5.74, 6) is -0.408. The Morgan fingerprint density at radius 1 is 1.15 bits per heavy atom. The molecule has 0 spiro atoms. The molecule has 0 fully saturated rings. The Balaban J connectivity index is 2.27. The quantitative estimate of drug-likeness (QED) is 0.810. The van der Waals surface area contributed by atoms with E-state index in [0.29, 0.717) is 17.5 Å². The minimum atomic E-state index is -4.56. The fraction of sp³-hybridized carbons (Fsp3) is 0.474. The Labute approximate surface area is 151 Å². The van der Waals surface area contributed by atoms with Crippen molar-refractivity contribution in [2.45, 2.75) is 45.8 Å². The van der Waals surface area contributed by atoms with Gasteiger partial charge in [-0.15, -0.1) is 0 Å². The minimum Gasteiger partial charge on any atom is -0.477 e. The lowest BCUT2D eigenvalue weighted by Crippen LogP contribution is -2.35. The van der Waals surface area contributed by atoms with Crippen molar-refractivity contribution in [2.75, 3.05) is 6.61 Å². The molecule has 2 N–H and O–H groups in total. The lowest BCUT2D eigenvalue weighted by atomic mass is 9.93. The second-order valence-corrected chi connectivity index (χ2v) is 7.37. The van der Waals surface area contributed by atoms with Gasteiger partial charge in [0.2, 0.25) is 5.88 Å². The topological polar surface area (TPSA) is 61.0 Å². The number of rotatable bonds is 6. The van der Waals surface area contributed by atoms with Crippen molar-refractivity contribution in [1.29, 1.82) is 0 Å². The highest BCUT2D eigenvalue weighted by atomic mass is 19.4. The van der Waals surface area contributed by atoms with Gasteiger partial charge in [0.05, 0.1) is 6.61 Å². The molecular weight excluding hydrogens is 343 g/mol. The van der Waals surface area contributed by atoms with E-state index < -0.39 is 23.2 Å². The number of hydrogen-bond donors (Lipinski definition) is 1. The molecule has 7 heteroatoms. The van der Waals surface area contributed by atoms with Crippen molar-refractivity contribution in [2.24, 2.45) is 11.7 Å². The second kappa shape index (κ2) is 7.61. The van der Waals surface area contributed by atoms with Gasteiger partial charge in [0.15, 0.2) is 0 Å².